The van der Waals surface area contributed by atoms with Gasteiger partial charge in [0.05, 0.1) is 29.4 Å². The van der Waals surface area contributed by atoms with Crippen molar-refractivity contribution in [2.45, 2.75) is 12.8 Å². The number of nitrogens with one attached hydrogen (secondary N) is 1. The Hall–Kier alpha value is -2.67. The molecule has 1 aliphatic rings. The van der Waals surface area contributed by atoms with Crippen LogP contribution in [0.4, 0.5) is 11.5 Å². The van der Waals surface area contributed by atoms with Crippen LogP contribution in [0.1, 0.15) is 12.8 Å². The lowest BCUT2D eigenvalue weighted by Gasteiger charge is -2.34. The van der Waals surface area contributed by atoms with Crippen LogP contribution in [0.25, 0.3) is 0 Å². The molecule has 0 radical (unpaired) electrons. The van der Waals surface area contributed by atoms with Crippen LogP contribution in [-0.2, 0) is 9.59 Å². The molecule has 0 saturated carbocycles. The van der Waals surface area contributed by atoms with Crippen molar-refractivity contribution in [1.82, 2.24) is 14.9 Å². The molecule has 2 aromatic rings. The fraction of sp³-hybridized carbons (Fsp3) is 0.368. The molecular formula is C19H22ClN5O2. The van der Waals surface area contributed by atoms with Crippen molar-refractivity contribution in [2.24, 2.45) is 5.92 Å². The van der Waals surface area contributed by atoms with E-state index in [1.54, 1.807) is 49.9 Å². The van der Waals surface area contributed by atoms with Crippen LogP contribution in [0.3, 0.4) is 0 Å². The van der Waals surface area contributed by atoms with Gasteiger partial charge in [0, 0.05) is 32.5 Å². The van der Waals surface area contributed by atoms with Crippen LogP contribution < -0.4 is 10.2 Å². The molecule has 0 bridgehead atoms. The third kappa shape index (κ3) is 4.95. The third-order valence-corrected chi connectivity index (χ3v) is 4.88. The summed E-state index contributed by atoms with van der Waals surface area (Å²) in [6, 6.07) is 7.01. The van der Waals surface area contributed by atoms with Crippen LogP contribution in [0.5, 0.6) is 0 Å². The zero-order valence-corrected chi connectivity index (χ0v) is 15.9. The maximum atomic E-state index is 12.8. The number of hydrogen-bond acceptors (Lipinski definition) is 5. The molecule has 1 atom stereocenters. The molecular weight excluding hydrogens is 366 g/mol. The highest BCUT2D eigenvalue weighted by atomic mass is 35.5. The van der Waals surface area contributed by atoms with Crippen molar-refractivity contribution in [3.8, 4) is 0 Å². The summed E-state index contributed by atoms with van der Waals surface area (Å²) in [5, 5.41) is 3.20. The largest absolute Gasteiger partial charge is 0.355 e. The number of anilines is 2. The second-order valence-electron chi connectivity index (χ2n) is 6.57. The van der Waals surface area contributed by atoms with E-state index >= 15 is 0 Å². The van der Waals surface area contributed by atoms with Crippen molar-refractivity contribution >= 4 is 34.9 Å². The molecule has 2 amide bonds. The van der Waals surface area contributed by atoms with Gasteiger partial charge in [0.15, 0.2) is 0 Å². The summed E-state index contributed by atoms with van der Waals surface area (Å²) in [6.45, 7) is 1.40. The minimum Gasteiger partial charge on any atom is -0.355 e. The summed E-state index contributed by atoms with van der Waals surface area (Å²) < 4.78 is 0. The molecule has 1 N–H and O–H groups in total. The van der Waals surface area contributed by atoms with E-state index in [1.165, 1.54) is 4.90 Å². The average molecular weight is 388 g/mol. The predicted octanol–water partition coefficient (Wildman–Crippen LogP) is 2.44. The number of para-hydroxylation sites is 1. The molecule has 8 heteroatoms. The standard InChI is InChI=1S/C19H22ClN5O2/c1-24(13-18(26)23-16-7-3-2-6-15(16)20)19(27)14-5-4-10-25(12-14)17-11-21-8-9-22-17/h2-3,6-9,11,14H,4-5,10,12-13H2,1H3,(H,23,26). The lowest BCUT2D eigenvalue weighted by Crippen LogP contribution is -2.45. The Labute approximate surface area is 163 Å². The SMILES string of the molecule is CN(CC(=O)Nc1ccccc1Cl)C(=O)C1CCCN(c2cnccn2)C1. The number of nitrogens with zero attached hydrogens (tertiary/aromatic N) is 4. The lowest BCUT2D eigenvalue weighted by atomic mass is 9.96. The van der Waals surface area contributed by atoms with Crippen LogP contribution in [0, 0.1) is 5.92 Å². The Balaban J connectivity index is 1.56. The van der Waals surface area contributed by atoms with Gasteiger partial charge in [-0.15, -0.1) is 0 Å². The Morgan fingerprint density at radius 2 is 2.15 bits per heavy atom. The Morgan fingerprint density at radius 1 is 1.33 bits per heavy atom. The predicted molar refractivity (Wildman–Crippen MR) is 105 cm³/mol. The van der Waals surface area contributed by atoms with E-state index < -0.39 is 0 Å². The second kappa shape index (κ2) is 8.81. The van der Waals surface area contributed by atoms with Gasteiger partial charge in [0.2, 0.25) is 11.8 Å². The first-order valence-corrected chi connectivity index (χ1v) is 9.22. The molecule has 3 rings (SSSR count). The molecule has 27 heavy (non-hydrogen) atoms. The molecule has 1 fully saturated rings. The summed E-state index contributed by atoms with van der Waals surface area (Å²) in [6.07, 6.45) is 6.67. The van der Waals surface area contributed by atoms with E-state index in [-0.39, 0.29) is 24.3 Å². The average Bonchev–Trinajstić information content (AvgIpc) is 2.70. The topological polar surface area (TPSA) is 78.4 Å². The molecule has 1 aromatic heterocycles. The number of piperidine rings is 1. The van der Waals surface area contributed by atoms with E-state index in [0.29, 0.717) is 17.3 Å². The first-order chi connectivity index (χ1) is 13.0. The zero-order chi connectivity index (χ0) is 19.2. The Morgan fingerprint density at radius 3 is 2.89 bits per heavy atom. The minimum atomic E-state index is -0.277. The molecule has 1 saturated heterocycles. The first kappa shape index (κ1) is 19.1. The molecule has 0 aliphatic carbocycles. The van der Waals surface area contributed by atoms with E-state index in [4.69, 9.17) is 11.6 Å². The molecule has 7 nitrogen and oxygen atoms in total. The number of carbonyl (C=O) groups excluding carboxylic acids is 2. The van der Waals surface area contributed by atoms with Crippen molar-refractivity contribution in [3.63, 3.8) is 0 Å². The number of carbonyl (C=O) groups is 2. The summed E-state index contributed by atoms with van der Waals surface area (Å²) >= 11 is 6.05. The molecule has 2 heterocycles. The number of aromatic nitrogens is 2. The van der Waals surface area contributed by atoms with Gasteiger partial charge in [-0.2, -0.15) is 0 Å². The van der Waals surface area contributed by atoms with Crippen LogP contribution in [0.2, 0.25) is 5.02 Å². The monoisotopic (exact) mass is 387 g/mol. The quantitative estimate of drug-likeness (QED) is 0.852. The highest BCUT2D eigenvalue weighted by Gasteiger charge is 2.29. The molecule has 142 valence electrons. The number of hydrogen-bond donors (Lipinski definition) is 1. The Kier molecular flexibility index (Phi) is 6.24. The zero-order valence-electron chi connectivity index (χ0n) is 15.1. The van der Waals surface area contributed by atoms with Gasteiger partial charge in [-0.05, 0) is 25.0 Å². The van der Waals surface area contributed by atoms with Gasteiger partial charge < -0.3 is 15.1 Å². The number of halogens is 1. The smallest absolute Gasteiger partial charge is 0.244 e. The second-order valence-corrected chi connectivity index (χ2v) is 6.98. The van der Waals surface area contributed by atoms with E-state index in [9.17, 15) is 9.59 Å². The number of benzene rings is 1. The van der Waals surface area contributed by atoms with Crippen molar-refractivity contribution < 1.29 is 9.59 Å². The van der Waals surface area contributed by atoms with E-state index in [0.717, 1.165) is 25.2 Å². The third-order valence-electron chi connectivity index (χ3n) is 4.55. The fourth-order valence-corrected chi connectivity index (χ4v) is 3.38. The van der Waals surface area contributed by atoms with Gasteiger partial charge >= 0.3 is 0 Å². The minimum absolute atomic E-state index is 0.0221. The summed E-state index contributed by atoms with van der Waals surface area (Å²) in [5.41, 5.74) is 0.538. The highest BCUT2D eigenvalue weighted by Crippen LogP contribution is 2.23. The molecule has 1 aliphatic heterocycles. The number of rotatable bonds is 5. The number of likely N-dealkylation sites (N-methyl/N-ethyl adjacent to an activating group) is 1. The van der Waals surface area contributed by atoms with E-state index in [1.807, 2.05) is 0 Å². The molecule has 1 aromatic carbocycles. The normalized spacial score (nSPS) is 16.7. The van der Waals surface area contributed by atoms with Crippen LogP contribution in [0.15, 0.2) is 42.9 Å². The maximum absolute atomic E-state index is 12.8. The summed E-state index contributed by atoms with van der Waals surface area (Å²) in [7, 11) is 1.65. The fourth-order valence-electron chi connectivity index (χ4n) is 3.20. The highest BCUT2D eigenvalue weighted by molar-refractivity contribution is 6.33. The van der Waals surface area contributed by atoms with Gasteiger partial charge in [-0.1, -0.05) is 23.7 Å². The van der Waals surface area contributed by atoms with Crippen LogP contribution >= 0.6 is 11.6 Å². The summed E-state index contributed by atoms with van der Waals surface area (Å²) in [5.74, 6) is 0.284. The first-order valence-electron chi connectivity index (χ1n) is 8.85. The van der Waals surface area contributed by atoms with Crippen molar-refractivity contribution in [3.05, 3.63) is 47.9 Å². The lowest BCUT2D eigenvalue weighted by molar-refractivity contribution is -0.137. The van der Waals surface area contributed by atoms with Gasteiger partial charge in [0.1, 0.15) is 5.82 Å². The molecule has 1 unspecified atom stereocenters. The maximum Gasteiger partial charge on any atom is 0.244 e. The van der Waals surface area contributed by atoms with Crippen molar-refractivity contribution in [1.29, 1.82) is 0 Å². The summed E-state index contributed by atoms with van der Waals surface area (Å²) in [4.78, 5) is 37.0. The van der Waals surface area contributed by atoms with Gasteiger partial charge in [-0.3, -0.25) is 14.6 Å². The van der Waals surface area contributed by atoms with Gasteiger partial charge in [0.25, 0.3) is 0 Å². The van der Waals surface area contributed by atoms with Gasteiger partial charge in [-0.25, -0.2) is 4.98 Å². The van der Waals surface area contributed by atoms with Crippen LogP contribution in [-0.4, -0.2) is 53.4 Å². The van der Waals surface area contributed by atoms with E-state index in [2.05, 4.69) is 20.2 Å². The van der Waals surface area contributed by atoms with Crippen molar-refractivity contribution in [2.75, 3.05) is 36.9 Å². The molecule has 0 spiro atoms. The number of amides is 2. The Bertz CT molecular complexity index is 802.